The highest BCUT2D eigenvalue weighted by Gasteiger charge is 2.28. The Morgan fingerprint density at radius 1 is 1.32 bits per heavy atom. The van der Waals surface area contributed by atoms with Crippen LogP contribution in [0.2, 0.25) is 0 Å². The summed E-state index contributed by atoms with van der Waals surface area (Å²) in [6.07, 6.45) is 3.04. The molecule has 7 heteroatoms. The van der Waals surface area contributed by atoms with Crippen LogP contribution in [0.25, 0.3) is 21.0 Å². The summed E-state index contributed by atoms with van der Waals surface area (Å²) in [7, 11) is 0. The molecular weight excluding hydrogens is 413 g/mol. The molecule has 5 nitrogen and oxygen atoms in total. The lowest BCUT2D eigenvalue weighted by Gasteiger charge is -2.22. The number of ether oxygens (including phenoxy) is 1. The number of nitriles is 1. The third kappa shape index (κ3) is 4.44. The Kier molecular flexibility index (Phi) is 5.50. The molecule has 1 aliphatic carbocycles. The molecule has 1 amide bonds. The van der Waals surface area contributed by atoms with Crippen molar-refractivity contribution in [3.05, 3.63) is 65.1 Å². The normalized spacial score (nSPS) is 15.3. The molecule has 3 aromatic rings. The summed E-state index contributed by atoms with van der Waals surface area (Å²) in [6.45, 7) is 5.53. The molecule has 0 saturated heterocycles. The quantitative estimate of drug-likeness (QED) is 0.547. The Balaban J connectivity index is 1.60. The first-order valence-corrected chi connectivity index (χ1v) is 10.8. The Labute approximate surface area is 184 Å². The fourth-order valence-electron chi connectivity index (χ4n) is 3.76. The monoisotopic (exact) mass is 435 g/mol. The fraction of sp³-hybridized carbons (Fsp3) is 0.292. The maximum Gasteiger partial charge on any atom is 0.408 e. The molecule has 4 rings (SSSR count). The first-order chi connectivity index (χ1) is 14.7. The molecule has 1 aliphatic rings. The molecule has 1 unspecified atom stereocenters. The fourth-order valence-corrected chi connectivity index (χ4v) is 4.73. The van der Waals surface area contributed by atoms with E-state index >= 15 is 0 Å². The van der Waals surface area contributed by atoms with Gasteiger partial charge in [-0.15, -0.1) is 11.3 Å². The van der Waals surface area contributed by atoms with Crippen LogP contribution in [0.1, 0.15) is 49.9 Å². The largest absolute Gasteiger partial charge is 0.444 e. The SMILES string of the molecule is CC(C)(C)OC(=O)NC1CCc2c(-c3cnc(-c4ccc(F)c(C#N)c4)s3)cccc21. The van der Waals surface area contributed by atoms with Crippen LogP contribution in [0.3, 0.4) is 0 Å². The van der Waals surface area contributed by atoms with Gasteiger partial charge in [0.05, 0.1) is 16.5 Å². The van der Waals surface area contributed by atoms with Crippen molar-refractivity contribution in [1.82, 2.24) is 10.3 Å². The Morgan fingerprint density at radius 2 is 2.13 bits per heavy atom. The van der Waals surface area contributed by atoms with Crippen LogP contribution in [0, 0.1) is 17.1 Å². The van der Waals surface area contributed by atoms with Gasteiger partial charge in [0.15, 0.2) is 0 Å². The number of nitrogens with zero attached hydrogens (tertiary/aromatic N) is 2. The van der Waals surface area contributed by atoms with Crippen LogP contribution in [0.5, 0.6) is 0 Å². The zero-order valence-electron chi connectivity index (χ0n) is 17.5. The molecule has 1 N–H and O–H groups in total. The van der Waals surface area contributed by atoms with Gasteiger partial charge in [-0.05, 0) is 68.5 Å². The van der Waals surface area contributed by atoms with E-state index in [1.165, 1.54) is 29.0 Å². The van der Waals surface area contributed by atoms with Crippen LogP contribution < -0.4 is 5.32 Å². The number of rotatable bonds is 3. The van der Waals surface area contributed by atoms with E-state index in [2.05, 4.69) is 16.4 Å². The second-order valence-electron chi connectivity index (χ2n) is 8.45. The van der Waals surface area contributed by atoms with Crippen LogP contribution in [-0.4, -0.2) is 16.7 Å². The van der Waals surface area contributed by atoms with Crippen molar-refractivity contribution in [3.63, 3.8) is 0 Å². The molecule has 0 saturated carbocycles. The van der Waals surface area contributed by atoms with Crippen molar-refractivity contribution in [2.75, 3.05) is 0 Å². The molecule has 0 fully saturated rings. The average molecular weight is 436 g/mol. The molecule has 1 atom stereocenters. The lowest BCUT2D eigenvalue weighted by molar-refractivity contribution is 0.0503. The van der Waals surface area contributed by atoms with Gasteiger partial charge in [-0.25, -0.2) is 14.2 Å². The van der Waals surface area contributed by atoms with Crippen molar-refractivity contribution in [2.24, 2.45) is 0 Å². The number of hydrogen-bond acceptors (Lipinski definition) is 5. The molecule has 1 aromatic heterocycles. The molecule has 158 valence electrons. The molecule has 31 heavy (non-hydrogen) atoms. The van der Waals surface area contributed by atoms with Gasteiger partial charge in [0.2, 0.25) is 0 Å². The second-order valence-corrected chi connectivity index (χ2v) is 9.48. The standard InChI is InChI=1S/C24H22FN3O2S/c1-24(2,3)30-23(29)28-20-10-8-16-17(20)5-4-6-18(16)21-13-27-22(31-21)14-7-9-19(25)15(11-14)12-26/h4-7,9,11,13,20H,8,10H2,1-3H3,(H,28,29). The molecule has 0 radical (unpaired) electrons. The first kappa shape index (κ1) is 21.0. The van der Waals surface area contributed by atoms with Gasteiger partial charge in [0.25, 0.3) is 0 Å². The zero-order valence-corrected chi connectivity index (χ0v) is 18.3. The van der Waals surface area contributed by atoms with E-state index in [1.807, 2.05) is 39.0 Å². The molecule has 0 aliphatic heterocycles. The summed E-state index contributed by atoms with van der Waals surface area (Å²) in [5.74, 6) is -0.535. The van der Waals surface area contributed by atoms with Gasteiger partial charge in [-0.1, -0.05) is 18.2 Å². The molecule has 2 aromatic carbocycles. The van der Waals surface area contributed by atoms with E-state index in [9.17, 15) is 9.18 Å². The van der Waals surface area contributed by atoms with Crippen molar-refractivity contribution >= 4 is 17.4 Å². The Bertz CT molecular complexity index is 1190. The lowest BCUT2D eigenvalue weighted by Crippen LogP contribution is -2.34. The van der Waals surface area contributed by atoms with Crippen molar-refractivity contribution < 1.29 is 13.9 Å². The number of amides is 1. The highest BCUT2D eigenvalue weighted by molar-refractivity contribution is 7.18. The number of nitrogens with one attached hydrogen (secondary N) is 1. The number of carbonyl (C=O) groups is 1. The number of hydrogen-bond donors (Lipinski definition) is 1. The topological polar surface area (TPSA) is 75.0 Å². The van der Waals surface area contributed by atoms with E-state index in [0.717, 1.165) is 33.9 Å². The van der Waals surface area contributed by atoms with E-state index in [0.29, 0.717) is 5.56 Å². The molecule has 0 bridgehead atoms. The second kappa shape index (κ2) is 8.12. The van der Waals surface area contributed by atoms with E-state index in [1.54, 1.807) is 12.3 Å². The summed E-state index contributed by atoms with van der Waals surface area (Å²) in [5.41, 5.74) is 3.54. The molecule has 0 spiro atoms. The first-order valence-electron chi connectivity index (χ1n) is 10.0. The van der Waals surface area contributed by atoms with Crippen LogP contribution in [0.15, 0.2) is 42.6 Å². The number of carbonyl (C=O) groups excluding carboxylic acids is 1. The molecule has 1 heterocycles. The van der Waals surface area contributed by atoms with Gasteiger partial charge in [-0.3, -0.25) is 0 Å². The van der Waals surface area contributed by atoms with E-state index < -0.39 is 17.5 Å². The minimum atomic E-state index is -0.543. The van der Waals surface area contributed by atoms with Gasteiger partial charge in [-0.2, -0.15) is 5.26 Å². The Morgan fingerprint density at radius 3 is 2.87 bits per heavy atom. The zero-order chi connectivity index (χ0) is 22.2. The van der Waals surface area contributed by atoms with Crippen LogP contribution >= 0.6 is 11.3 Å². The molecular formula is C24H22FN3O2S. The number of thiazole rings is 1. The number of aromatic nitrogens is 1. The third-order valence-electron chi connectivity index (χ3n) is 5.07. The minimum Gasteiger partial charge on any atom is -0.444 e. The summed E-state index contributed by atoms with van der Waals surface area (Å²) >= 11 is 1.50. The van der Waals surface area contributed by atoms with Crippen molar-refractivity contribution in [2.45, 2.75) is 45.3 Å². The summed E-state index contributed by atoms with van der Waals surface area (Å²) in [6, 6.07) is 12.3. The van der Waals surface area contributed by atoms with Gasteiger partial charge in [0.1, 0.15) is 22.5 Å². The lowest BCUT2D eigenvalue weighted by atomic mass is 10.0. The van der Waals surface area contributed by atoms with Crippen LogP contribution in [-0.2, 0) is 11.2 Å². The van der Waals surface area contributed by atoms with E-state index in [4.69, 9.17) is 10.00 Å². The van der Waals surface area contributed by atoms with E-state index in [-0.39, 0.29) is 11.6 Å². The smallest absolute Gasteiger partial charge is 0.408 e. The number of halogens is 1. The highest BCUT2D eigenvalue weighted by Crippen LogP contribution is 2.41. The van der Waals surface area contributed by atoms with Gasteiger partial charge < -0.3 is 10.1 Å². The maximum absolute atomic E-state index is 13.6. The van der Waals surface area contributed by atoms with Crippen molar-refractivity contribution in [1.29, 1.82) is 5.26 Å². The number of alkyl carbamates (subject to hydrolysis) is 1. The predicted octanol–water partition coefficient (Wildman–Crippen LogP) is 6.00. The van der Waals surface area contributed by atoms with Gasteiger partial charge >= 0.3 is 6.09 Å². The summed E-state index contributed by atoms with van der Waals surface area (Å²) in [5, 5.41) is 12.8. The number of benzene rings is 2. The summed E-state index contributed by atoms with van der Waals surface area (Å²) in [4.78, 5) is 17.7. The maximum atomic E-state index is 13.6. The number of fused-ring (bicyclic) bond motifs is 1. The van der Waals surface area contributed by atoms with Gasteiger partial charge in [0, 0.05) is 11.8 Å². The highest BCUT2D eigenvalue weighted by atomic mass is 32.1. The third-order valence-corrected chi connectivity index (χ3v) is 6.15. The predicted molar refractivity (Wildman–Crippen MR) is 118 cm³/mol. The van der Waals surface area contributed by atoms with Crippen LogP contribution in [0.4, 0.5) is 9.18 Å². The average Bonchev–Trinajstić information content (AvgIpc) is 3.35. The summed E-state index contributed by atoms with van der Waals surface area (Å²) < 4.78 is 19.0. The van der Waals surface area contributed by atoms with Crippen molar-refractivity contribution in [3.8, 4) is 27.1 Å². The Hall–Kier alpha value is -3.24. The minimum absolute atomic E-state index is 0.00547.